The highest BCUT2D eigenvalue weighted by Crippen LogP contribution is 2.22. The van der Waals surface area contributed by atoms with Crippen molar-refractivity contribution in [3.05, 3.63) is 0 Å². The van der Waals surface area contributed by atoms with E-state index in [1.165, 1.54) is 14.0 Å². The highest BCUT2D eigenvalue weighted by molar-refractivity contribution is 5.73. The third-order valence-corrected chi connectivity index (χ3v) is 2.34. The van der Waals surface area contributed by atoms with Gasteiger partial charge in [0.1, 0.15) is 18.3 Å². The number of hydrogen-bond donors (Lipinski definition) is 3. The number of carboxylic acid groups (broad SMARTS) is 1. The fourth-order valence-electron chi connectivity index (χ4n) is 1.50. The maximum atomic E-state index is 10.7. The van der Waals surface area contributed by atoms with Crippen molar-refractivity contribution in [2.45, 2.75) is 37.4 Å². The second-order valence-corrected chi connectivity index (χ2v) is 3.28. The van der Waals surface area contributed by atoms with Crippen molar-refractivity contribution in [2.24, 2.45) is 0 Å². The first kappa shape index (κ1) is 11.4. The van der Waals surface area contributed by atoms with Gasteiger partial charge in [0.15, 0.2) is 6.10 Å². The first-order valence-electron chi connectivity index (χ1n) is 4.26. The van der Waals surface area contributed by atoms with E-state index in [4.69, 9.17) is 14.6 Å². The number of rotatable bonds is 2. The number of hydrogen-bond acceptors (Lipinski definition) is 5. The van der Waals surface area contributed by atoms with Crippen LogP contribution in [0.2, 0.25) is 0 Å². The molecule has 0 saturated carbocycles. The molecule has 82 valence electrons. The molecule has 5 atom stereocenters. The summed E-state index contributed by atoms with van der Waals surface area (Å²) in [5.74, 6) is -1.21. The predicted molar refractivity (Wildman–Crippen MR) is 44.8 cm³/mol. The minimum atomic E-state index is -1.25. The molecular weight excluding hydrogens is 192 g/mol. The summed E-state index contributed by atoms with van der Waals surface area (Å²) in [6, 6.07) is 0. The summed E-state index contributed by atoms with van der Waals surface area (Å²) in [5.41, 5.74) is 0. The van der Waals surface area contributed by atoms with Gasteiger partial charge in [-0.2, -0.15) is 0 Å². The van der Waals surface area contributed by atoms with Crippen LogP contribution in [0.3, 0.4) is 0 Å². The molecule has 0 aromatic rings. The Balaban J connectivity index is 2.82. The van der Waals surface area contributed by atoms with E-state index in [0.717, 1.165) is 0 Å². The zero-order chi connectivity index (χ0) is 10.9. The smallest absolute Gasteiger partial charge is 0.335 e. The lowest BCUT2D eigenvalue weighted by Gasteiger charge is -2.39. The average Bonchev–Trinajstić information content (AvgIpc) is 2.13. The number of carbonyl (C=O) groups is 1. The van der Waals surface area contributed by atoms with Gasteiger partial charge in [-0.3, -0.25) is 0 Å². The van der Waals surface area contributed by atoms with Gasteiger partial charge in [0.05, 0.1) is 6.10 Å². The molecule has 1 aliphatic rings. The van der Waals surface area contributed by atoms with Gasteiger partial charge >= 0.3 is 5.97 Å². The van der Waals surface area contributed by atoms with Gasteiger partial charge in [0.2, 0.25) is 0 Å². The summed E-state index contributed by atoms with van der Waals surface area (Å²) >= 11 is 0. The molecule has 3 N–H and O–H groups in total. The Morgan fingerprint density at radius 2 is 1.93 bits per heavy atom. The number of carboxylic acids is 1. The molecule has 1 aliphatic heterocycles. The first-order valence-corrected chi connectivity index (χ1v) is 4.26. The SMILES string of the molecule is CO[C@@H]1C(C(=O)O)O[C@@H](C)C(O)[C@@H]1O. The van der Waals surface area contributed by atoms with E-state index in [-0.39, 0.29) is 0 Å². The van der Waals surface area contributed by atoms with Crippen molar-refractivity contribution in [2.75, 3.05) is 7.11 Å². The molecule has 1 fully saturated rings. The summed E-state index contributed by atoms with van der Waals surface area (Å²) in [7, 11) is 1.26. The summed E-state index contributed by atoms with van der Waals surface area (Å²) in [6.07, 6.45) is -5.38. The Hall–Kier alpha value is -0.690. The van der Waals surface area contributed by atoms with Crippen LogP contribution in [0.25, 0.3) is 0 Å². The summed E-state index contributed by atoms with van der Waals surface area (Å²) in [4.78, 5) is 10.7. The van der Waals surface area contributed by atoms with Crippen molar-refractivity contribution in [1.82, 2.24) is 0 Å². The number of aliphatic hydroxyl groups excluding tert-OH is 2. The molecule has 14 heavy (non-hydrogen) atoms. The Bertz CT molecular complexity index is 218. The summed E-state index contributed by atoms with van der Waals surface area (Å²) < 4.78 is 9.78. The van der Waals surface area contributed by atoms with Crippen molar-refractivity contribution in [3.63, 3.8) is 0 Å². The minimum absolute atomic E-state index is 0.725. The van der Waals surface area contributed by atoms with E-state index in [1.807, 2.05) is 0 Å². The van der Waals surface area contributed by atoms with Crippen LogP contribution >= 0.6 is 0 Å². The summed E-state index contributed by atoms with van der Waals surface area (Å²) in [5, 5.41) is 27.7. The van der Waals surface area contributed by atoms with Gasteiger partial charge in [-0.05, 0) is 6.92 Å². The van der Waals surface area contributed by atoms with E-state index < -0.39 is 36.5 Å². The lowest BCUT2D eigenvalue weighted by molar-refractivity contribution is -0.229. The molecule has 6 nitrogen and oxygen atoms in total. The van der Waals surface area contributed by atoms with E-state index in [9.17, 15) is 15.0 Å². The molecule has 1 rings (SSSR count). The first-order chi connectivity index (χ1) is 6.49. The maximum Gasteiger partial charge on any atom is 0.335 e. The van der Waals surface area contributed by atoms with Gasteiger partial charge in [0.25, 0.3) is 0 Å². The quantitative estimate of drug-likeness (QED) is 0.514. The van der Waals surface area contributed by atoms with Crippen LogP contribution in [0.4, 0.5) is 0 Å². The van der Waals surface area contributed by atoms with E-state index in [1.54, 1.807) is 0 Å². The van der Waals surface area contributed by atoms with E-state index in [0.29, 0.717) is 0 Å². The molecule has 6 heteroatoms. The Morgan fingerprint density at radius 1 is 1.36 bits per heavy atom. The van der Waals surface area contributed by atoms with Crippen LogP contribution in [-0.2, 0) is 14.3 Å². The fourth-order valence-corrected chi connectivity index (χ4v) is 1.50. The lowest BCUT2D eigenvalue weighted by Crippen LogP contribution is -2.59. The van der Waals surface area contributed by atoms with E-state index in [2.05, 4.69) is 0 Å². The van der Waals surface area contributed by atoms with Gasteiger partial charge in [-0.15, -0.1) is 0 Å². The zero-order valence-electron chi connectivity index (χ0n) is 7.95. The molecule has 0 aromatic carbocycles. The highest BCUT2D eigenvalue weighted by atomic mass is 16.6. The molecule has 0 amide bonds. The van der Waals surface area contributed by atoms with Gasteiger partial charge in [-0.1, -0.05) is 0 Å². The van der Waals surface area contributed by atoms with Crippen molar-refractivity contribution < 1.29 is 29.6 Å². The monoisotopic (exact) mass is 206 g/mol. The normalized spacial score (nSPS) is 43.6. The Labute approximate surface area is 81.1 Å². The van der Waals surface area contributed by atoms with Crippen LogP contribution in [0.15, 0.2) is 0 Å². The largest absolute Gasteiger partial charge is 0.479 e. The topological polar surface area (TPSA) is 96.2 Å². The molecule has 1 saturated heterocycles. The predicted octanol–water partition coefficient (Wildman–Crippen LogP) is -1.40. The van der Waals surface area contributed by atoms with Crippen molar-refractivity contribution >= 4 is 5.97 Å². The van der Waals surface area contributed by atoms with Crippen molar-refractivity contribution in [3.8, 4) is 0 Å². The van der Waals surface area contributed by atoms with Crippen LogP contribution < -0.4 is 0 Å². The molecule has 0 spiro atoms. The van der Waals surface area contributed by atoms with Crippen LogP contribution in [0.1, 0.15) is 6.92 Å². The van der Waals surface area contributed by atoms with E-state index >= 15 is 0 Å². The number of aliphatic carboxylic acids is 1. The molecule has 1 heterocycles. The lowest BCUT2D eigenvalue weighted by atomic mass is 9.95. The molecule has 0 aliphatic carbocycles. The Morgan fingerprint density at radius 3 is 2.36 bits per heavy atom. The maximum absolute atomic E-state index is 10.7. The number of methoxy groups -OCH3 is 1. The van der Waals surface area contributed by atoms with Gasteiger partial charge in [-0.25, -0.2) is 4.79 Å². The molecular formula is C8H14O6. The highest BCUT2D eigenvalue weighted by Gasteiger charge is 2.46. The number of aliphatic hydroxyl groups is 2. The third-order valence-electron chi connectivity index (χ3n) is 2.34. The Kier molecular flexibility index (Phi) is 3.43. The molecule has 0 aromatic heterocycles. The second kappa shape index (κ2) is 4.22. The van der Waals surface area contributed by atoms with Gasteiger partial charge < -0.3 is 24.8 Å². The molecule has 2 unspecified atom stereocenters. The minimum Gasteiger partial charge on any atom is -0.479 e. The third kappa shape index (κ3) is 1.88. The molecule has 0 radical (unpaired) electrons. The standard InChI is InChI=1S/C8H14O6/c1-3-4(9)5(10)6(13-2)7(14-3)8(11)12/h3-7,9-10H,1-2H3,(H,11,12)/t3-,4?,5-,6-,7?/m0/s1. The van der Waals surface area contributed by atoms with Crippen LogP contribution in [0.5, 0.6) is 0 Å². The zero-order valence-corrected chi connectivity index (χ0v) is 7.95. The van der Waals surface area contributed by atoms with Gasteiger partial charge in [0, 0.05) is 7.11 Å². The second-order valence-electron chi connectivity index (χ2n) is 3.28. The van der Waals surface area contributed by atoms with Crippen molar-refractivity contribution in [1.29, 1.82) is 0 Å². The molecule has 0 bridgehead atoms. The van der Waals surface area contributed by atoms with Crippen LogP contribution in [-0.4, -0.2) is 58.9 Å². The fraction of sp³-hybridized carbons (Fsp3) is 0.875. The average molecular weight is 206 g/mol. The summed E-state index contributed by atoms with van der Waals surface area (Å²) in [6.45, 7) is 1.50. The van der Waals surface area contributed by atoms with Crippen LogP contribution in [0, 0.1) is 0 Å². The number of ether oxygens (including phenoxy) is 2.